The Hall–Kier alpha value is -1.92. The van der Waals surface area contributed by atoms with Gasteiger partial charge in [-0.15, -0.1) is 0 Å². The minimum absolute atomic E-state index is 0.430. The molecule has 0 radical (unpaired) electrons. The summed E-state index contributed by atoms with van der Waals surface area (Å²) in [4.78, 5) is 44.4. The summed E-state index contributed by atoms with van der Waals surface area (Å²) in [5.41, 5.74) is 2.34. The first-order valence-electron chi connectivity index (χ1n) is 4.59. The van der Waals surface area contributed by atoms with Crippen LogP contribution < -0.4 is 5.73 Å². The lowest BCUT2D eigenvalue weighted by atomic mass is 9.79. The van der Waals surface area contributed by atoms with Crippen molar-refractivity contribution in [2.45, 2.75) is 19.8 Å². The van der Waals surface area contributed by atoms with Gasteiger partial charge in [-0.05, 0) is 25.7 Å². The minimum atomic E-state index is -2.28. The quantitative estimate of drug-likeness (QED) is 0.502. The average Bonchev–Trinajstić information content (AvgIpc) is 2.85. The van der Waals surface area contributed by atoms with Gasteiger partial charge in [0, 0.05) is 0 Å². The van der Waals surface area contributed by atoms with E-state index in [4.69, 9.17) is 5.11 Å². The van der Waals surface area contributed by atoms with Crippen molar-refractivity contribution in [3.63, 3.8) is 0 Å². The van der Waals surface area contributed by atoms with E-state index in [0.717, 1.165) is 6.92 Å². The first-order valence-corrected chi connectivity index (χ1v) is 4.59. The standard InChI is InChI=1S/C9H11NO6/c1-4(11)9(6(12)13,5-2-3-5)7(14)16-8(10)15/h5H,2-3H2,1H3,(H2,10,15)(H,12,13). The molecule has 0 aromatic heterocycles. The maximum absolute atomic E-state index is 11.5. The molecule has 1 unspecified atom stereocenters. The molecule has 1 fully saturated rings. The zero-order valence-corrected chi connectivity index (χ0v) is 8.56. The summed E-state index contributed by atoms with van der Waals surface area (Å²) >= 11 is 0. The predicted octanol–water partition coefficient (Wildman–Crippen LogP) is -0.322. The SMILES string of the molecule is CC(=O)C(C(=O)O)(C(=O)OC(N)=O)C1CC1. The zero-order chi connectivity index (χ0) is 12.5. The number of carbonyl (C=O) groups excluding carboxylic acids is 3. The number of nitrogens with two attached hydrogens (primary N) is 1. The second-order valence-electron chi connectivity index (χ2n) is 3.65. The number of primary amides is 1. The molecule has 88 valence electrons. The maximum Gasteiger partial charge on any atom is 0.412 e. The number of hydrogen-bond acceptors (Lipinski definition) is 5. The molecule has 1 amide bonds. The van der Waals surface area contributed by atoms with Gasteiger partial charge in [0.15, 0.2) is 5.78 Å². The van der Waals surface area contributed by atoms with Gasteiger partial charge in [-0.3, -0.25) is 9.59 Å². The normalized spacial score (nSPS) is 18.3. The van der Waals surface area contributed by atoms with Crippen LogP contribution in [0.4, 0.5) is 4.79 Å². The third kappa shape index (κ3) is 1.75. The first-order chi connectivity index (χ1) is 7.33. The summed E-state index contributed by atoms with van der Waals surface area (Å²) in [6, 6.07) is 0. The molecule has 1 rings (SSSR count). The summed E-state index contributed by atoms with van der Waals surface area (Å²) < 4.78 is 4.04. The minimum Gasteiger partial charge on any atom is -0.480 e. The first kappa shape index (κ1) is 12.2. The number of hydrogen-bond donors (Lipinski definition) is 2. The fourth-order valence-corrected chi connectivity index (χ4v) is 1.70. The second-order valence-corrected chi connectivity index (χ2v) is 3.65. The van der Waals surface area contributed by atoms with Crippen LogP contribution in [0.15, 0.2) is 0 Å². The van der Waals surface area contributed by atoms with Gasteiger partial charge in [-0.1, -0.05) is 0 Å². The lowest BCUT2D eigenvalue weighted by Crippen LogP contribution is -2.49. The molecule has 7 heteroatoms. The number of ketones is 1. The Morgan fingerprint density at radius 3 is 2.06 bits per heavy atom. The van der Waals surface area contributed by atoms with Crippen LogP contribution in [-0.4, -0.2) is 28.9 Å². The molecule has 0 saturated heterocycles. The van der Waals surface area contributed by atoms with Crippen molar-refractivity contribution in [3.8, 4) is 0 Å². The lowest BCUT2D eigenvalue weighted by Gasteiger charge is -2.22. The molecule has 1 atom stereocenters. The van der Waals surface area contributed by atoms with Gasteiger partial charge in [0.05, 0.1) is 0 Å². The number of carbonyl (C=O) groups is 4. The molecule has 0 aromatic carbocycles. The Balaban J connectivity index is 3.11. The van der Waals surface area contributed by atoms with Crippen LogP contribution in [-0.2, 0) is 19.1 Å². The van der Waals surface area contributed by atoms with E-state index in [-0.39, 0.29) is 0 Å². The highest BCUT2D eigenvalue weighted by molar-refractivity contribution is 6.20. The van der Waals surface area contributed by atoms with E-state index in [2.05, 4.69) is 10.5 Å². The van der Waals surface area contributed by atoms with Gasteiger partial charge in [0.25, 0.3) is 0 Å². The molecule has 1 aliphatic rings. The fraction of sp³-hybridized carbons (Fsp3) is 0.556. The van der Waals surface area contributed by atoms with Crippen molar-refractivity contribution in [1.29, 1.82) is 0 Å². The summed E-state index contributed by atoms with van der Waals surface area (Å²) in [6.07, 6.45) is -0.558. The van der Waals surface area contributed by atoms with Crippen LogP contribution >= 0.6 is 0 Å². The van der Waals surface area contributed by atoms with Gasteiger partial charge in [-0.25, -0.2) is 9.59 Å². The molecule has 0 aromatic rings. The van der Waals surface area contributed by atoms with E-state index in [1.165, 1.54) is 0 Å². The van der Waals surface area contributed by atoms with E-state index < -0.39 is 35.1 Å². The topological polar surface area (TPSA) is 124 Å². The molecular formula is C9H11NO6. The molecule has 0 heterocycles. The highest BCUT2D eigenvalue weighted by Gasteiger charge is 2.62. The highest BCUT2D eigenvalue weighted by Crippen LogP contribution is 2.47. The molecule has 0 bridgehead atoms. The fourth-order valence-electron chi connectivity index (χ4n) is 1.70. The molecule has 16 heavy (non-hydrogen) atoms. The Labute approximate surface area is 90.5 Å². The van der Waals surface area contributed by atoms with Gasteiger partial charge >= 0.3 is 18.0 Å². The molecule has 7 nitrogen and oxygen atoms in total. The number of esters is 1. The Morgan fingerprint density at radius 1 is 1.31 bits per heavy atom. The molecule has 1 saturated carbocycles. The Morgan fingerprint density at radius 2 is 1.81 bits per heavy atom. The van der Waals surface area contributed by atoms with Crippen molar-refractivity contribution in [2.24, 2.45) is 17.1 Å². The zero-order valence-electron chi connectivity index (χ0n) is 8.56. The summed E-state index contributed by atoms with van der Waals surface area (Å²) in [7, 11) is 0. The van der Waals surface area contributed by atoms with Crippen LogP contribution in [0, 0.1) is 11.3 Å². The van der Waals surface area contributed by atoms with E-state index in [0.29, 0.717) is 12.8 Å². The van der Waals surface area contributed by atoms with E-state index in [1.54, 1.807) is 0 Å². The van der Waals surface area contributed by atoms with Crippen LogP contribution in [0.3, 0.4) is 0 Å². The molecular weight excluding hydrogens is 218 g/mol. The van der Waals surface area contributed by atoms with E-state index >= 15 is 0 Å². The van der Waals surface area contributed by atoms with Gasteiger partial charge in [-0.2, -0.15) is 0 Å². The number of amides is 1. The van der Waals surface area contributed by atoms with Crippen molar-refractivity contribution in [3.05, 3.63) is 0 Å². The number of rotatable bonds is 4. The largest absolute Gasteiger partial charge is 0.480 e. The summed E-state index contributed by atoms with van der Waals surface area (Å²) in [5, 5.41) is 9.01. The number of aliphatic carboxylic acids is 1. The number of carboxylic acids is 1. The molecule has 0 aliphatic heterocycles. The highest BCUT2D eigenvalue weighted by atomic mass is 16.6. The van der Waals surface area contributed by atoms with Crippen LogP contribution in [0.5, 0.6) is 0 Å². The third-order valence-corrected chi connectivity index (χ3v) is 2.60. The van der Waals surface area contributed by atoms with Crippen molar-refractivity contribution >= 4 is 23.8 Å². The van der Waals surface area contributed by atoms with Crippen LogP contribution in [0.2, 0.25) is 0 Å². The monoisotopic (exact) mass is 229 g/mol. The molecule has 3 N–H and O–H groups in total. The van der Waals surface area contributed by atoms with Gasteiger partial charge in [0.1, 0.15) is 0 Å². The summed E-state index contributed by atoms with van der Waals surface area (Å²) in [5.74, 6) is -4.47. The lowest BCUT2D eigenvalue weighted by molar-refractivity contribution is -0.169. The van der Waals surface area contributed by atoms with E-state index in [1.807, 2.05) is 0 Å². The molecule has 0 spiro atoms. The Bertz CT molecular complexity index is 356. The number of Topliss-reactive ketones (excluding diaryl/α,β-unsaturated/α-hetero) is 1. The average molecular weight is 229 g/mol. The summed E-state index contributed by atoms with van der Waals surface area (Å²) in [6.45, 7) is 0.981. The third-order valence-electron chi connectivity index (χ3n) is 2.60. The van der Waals surface area contributed by atoms with E-state index in [9.17, 15) is 19.2 Å². The van der Waals surface area contributed by atoms with Crippen LogP contribution in [0.25, 0.3) is 0 Å². The van der Waals surface area contributed by atoms with Crippen LogP contribution in [0.1, 0.15) is 19.8 Å². The molecule has 1 aliphatic carbocycles. The maximum atomic E-state index is 11.5. The van der Waals surface area contributed by atoms with Gasteiger partial charge < -0.3 is 15.6 Å². The van der Waals surface area contributed by atoms with Crippen molar-refractivity contribution in [2.75, 3.05) is 0 Å². The van der Waals surface area contributed by atoms with Crippen molar-refractivity contribution < 1.29 is 29.0 Å². The van der Waals surface area contributed by atoms with Gasteiger partial charge in [0.2, 0.25) is 5.41 Å². The second kappa shape index (κ2) is 3.92. The number of ether oxygens (including phenoxy) is 1. The smallest absolute Gasteiger partial charge is 0.412 e. The van der Waals surface area contributed by atoms with Crippen molar-refractivity contribution in [1.82, 2.24) is 0 Å². The number of carboxylic acid groups (broad SMARTS) is 1. The predicted molar refractivity (Wildman–Crippen MR) is 49.1 cm³/mol. The Kier molecular flexibility index (Phi) is 2.97.